The number of terminal acetylenes is 1. The van der Waals surface area contributed by atoms with Crippen molar-refractivity contribution in [2.75, 3.05) is 0 Å². The number of hydrogen-bond donors (Lipinski definition) is 3. The smallest absolute Gasteiger partial charge is 0.330 e. The quantitative estimate of drug-likeness (QED) is 0.693. The minimum Gasteiger partial charge on any atom is -0.479 e. The minimum absolute atomic E-state index is 0.162. The second kappa shape index (κ2) is 7.85. The highest BCUT2D eigenvalue weighted by atomic mass is 16.4. The standard InChI is InChI=1S/C15H18N2O3/c1-3-8-12(4-2)16-15(20)17-13(14(18)19)11-9-6-5-7-10-11/h1,5-7,9-10,12-13H,4,8H2,2H3,(H,18,19)(H2,16,17,20). The second-order valence-electron chi connectivity index (χ2n) is 4.31. The van der Waals surface area contributed by atoms with Crippen LogP contribution in [0, 0.1) is 12.3 Å². The molecule has 0 bridgehead atoms. The number of carbonyl (C=O) groups is 2. The Bertz CT molecular complexity index is 494. The third kappa shape index (κ3) is 4.65. The number of urea groups is 1. The van der Waals surface area contributed by atoms with Gasteiger partial charge in [0.25, 0.3) is 0 Å². The van der Waals surface area contributed by atoms with Gasteiger partial charge in [-0.25, -0.2) is 9.59 Å². The van der Waals surface area contributed by atoms with E-state index in [2.05, 4.69) is 16.6 Å². The predicted octanol–water partition coefficient (Wildman–Crippen LogP) is 1.91. The maximum Gasteiger partial charge on any atom is 0.330 e. The number of hydrogen-bond acceptors (Lipinski definition) is 2. The zero-order valence-corrected chi connectivity index (χ0v) is 11.3. The normalized spacial score (nSPS) is 12.8. The number of carboxylic acids is 1. The molecule has 0 heterocycles. The summed E-state index contributed by atoms with van der Waals surface area (Å²) < 4.78 is 0. The number of amides is 2. The number of rotatable bonds is 6. The highest BCUT2D eigenvalue weighted by molar-refractivity contribution is 5.83. The summed E-state index contributed by atoms with van der Waals surface area (Å²) in [5.41, 5.74) is 0.514. The van der Waals surface area contributed by atoms with Crippen LogP contribution in [0.3, 0.4) is 0 Å². The summed E-state index contributed by atoms with van der Waals surface area (Å²) in [5.74, 6) is 1.36. The summed E-state index contributed by atoms with van der Waals surface area (Å²) >= 11 is 0. The second-order valence-corrected chi connectivity index (χ2v) is 4.31. The zero-order valence-electron chi connectivity index (χ0n) is 11.3. The molecule has 0 aliphatic rings. The molecule has 1 aromatic rings. The fourth-order valence-corrected chi connectivity index (χ4v) is 1.73. The number of nitrogens with one attached hydrogen (secondary N) is 2. The summed E-state index contributed by atoms with van der Waals surface area (Å²) in [4.78, 5) is 23.1. The van der Waals surface area contributed by atoms with E-state index in [1.54, 1.807) is 30.3 Å². The van der Waals surface area contributed by atoms with Crippen molar-refractivity contribution in [1.82, 2.24) is 10.6 Å². The van der Waals surface area contributed by atoms with Gasteiger partial charge in [0.05, 0.1) is 0 Å². The van der Waals surface area contributed by atoms with Crippen LogP contribution in [0.25, 0.3) is 0 Å². The minimum atomic E-state index is -1.11. The van der Waals surface area contributed by atoms with Crippen molar-refractivity contribution >= 4 is 12.0 Å². The van der Waals surface area contributed by atoms with Crippen molar-refractivity contribution in [2.45, 2.75) is 31.8 Å². The first-order valence-electron chi connectivity index (χ1n) is 6.36. The fraction of sp³-hybridized carbons (Fsp3) is 0.333. The van der Waals surface area contributed by atoms with Crippen LogP contribution >= 0.6 is 0 Å². The lowest BCUT2D eigenvalue weighted by atomic mass is 10.1. The van der Waals surface area contributed by atoms with Crippen molar-refractivity contribution in [3.05, 3.63) is 35.9 Å². The maximum absolute atomic E-state index is 11.8. The fourth-order valence-electron chi connectivity index (χ4n) is 1.73. The van der Waals surface area contributed by atoms with Gasteiger partial charge in [-0.15, -0.1) is 12.3 Å². The van der Waals surface area contributed by atoms with E-state index >= 15 is 0 Å². The highest BCUT2D eigenvalue weighted by Crippen LogP contribution is 2.12. The Hall–Kier alpha value is -2.48. The molecule has 2 amide bonds. The number of aliphatic carboxylic acids is 1. The summed E-state index contributed by atoms with van der Waals surface area (Å²) in [5, 5.41) is 14.3. The zero-order chi connectivity index (χ0) is 15.0. The average molecular weight is 274 g/mol. The van der Waals surface area contributed by atoms with Gasteiger partial charge in [-0.1, -0.05) is 37.3 Å². The van der Waals surface area contributed by atoms with Crippen molar-refractivity contribution in [3.8, 4) is 12.3 Å². The van der Waals surface area contributed by atoms with E-state index < -0.39 is 18.0 Å². The first kappa shape index (κ1) is 15.6. The molecule has 0 saturated heterocycles. The maximum atomic E-state index is 11.8. The van der Waals surface area contributed by atoms with Crippen LogP contribution in [0.1, 0.15) is 31.4 Å². The molecule has 3 N–H and O–H groups in total. The predicted molar refractivity (Wildman–Crippen MR) is 76.0 cm³/mol. The van der Waals surface area contributed by atoms with E-state index in [1.807, 2.05) is 6.92 Å². The first-order chi connectivity index (χ1) is 9.58. The lowest BCUT2D eigenvalue weighted by molar-refractivity contribution is -0.139. The monoisotopic (exact) mass is 274 g/mol. The molecule has 2 atom stereocenters. The molecule has 0 fully saturated rings. The van der Waals surface area contributed by atoms with Gasteiger partial charge in [0.2, 0.25) is 0 Å². The van der Waals surface area contributed by atoms with Gasteiger partial charge in [-0.2, -0.15) is 0 Å². The van der Waals surface area contributed by atoms with Gasteiger partial charge in [0.15, 0.2) is 6.04 Å². The molecule has 2 unspecified atom stereocenters. The Morgan fingerprint density at radius 1 is 1.30 bits per heavy atom. The Kier molecular flexibility index (Phi) is 6.11. The van der Waals surface area contributed by atoms with Gasteiger partial charge in [-0.3, -0.25) is 0 Å². The van der Waals surface area contributed by atoms with Crippen LogP contribution in [0.4, 0.5) is 4.79 Å². The van der Waals surface area contributed by atoms with Gasteiger partial charge in [0, 0.05) is 12.5 Å². The van der Waals surface area contributed by atoms with E-state index in [0.29, 0.717) is 18.4 Å². The summed E-state index contributed by atoms with van der Waals surface area (Å²) in [7, 11) is 0. The van der Waals surface area contributed by atoms with E-state index in [0.717, 1.165) is 0 Å². The van der Waals surface area contributed by atoms with Gasteiger partial charge < -0.3 is 15.7 Å². The number of carboxylic acid groups (broad SMARTS) is 1. The third-order valence-electron chi connectivity index (χ3n) is 2.85. The molecule has 0 aliphatic heterocycles. The molecule has 5 heteroatoms. The van der Waals surface area contributed by atoms with Crippen molar-refractivity contribution in [3.63, 3.8) is 0 Å². The molecular formula is C15H18N2O3. The lowest BCUT2D eigenvalue weighted by Gasteiger charge is -2.19. The molecule has 0 aromatic heterocycles. The number of benzene rings is 1. The summed E-state index contributed by atoms with van der Waals surface area (Å²) in [6.07, 6.45) is 6.30. The Morgan fingerprint density at radius 2 is 1.95 bits per heavy atom. The summed E-state index contributed by atoms with van der Waals surface area (Å²) in [6, 6.07) is 6.74. The van der Waals surface area contributed by atoms with Crippen LogP contribution in [0.15, 0.2) is 30.3 Å². The molecule has 1 rings (SSSR count). The molecule has 106 valence electrons. The largest absolute Gasteiger partial charge is 0.479 e. The van der Waals surface area contributed by atoms with E-state index in [-0.39, 0.29) is 6.04 Å². The molecular weight excluding hydrogens is 256 g/mol. The topological polar surface area (TPSA) is 78.4 Å². The van der Waals surface area contributed by atoms with E-state index in [9.17, 15) is 14.7 Å². The first-order valence-corrected chi connectivity index (χ1v) is 6.36. The Balaban J connectivity index is 2.70. The Morgan fingerprint density at radius 3 is 2.45 bits per heavy atom. The molecule has 1 aromatic carbocycles. The van der Waals surface area contributed by atoms with Crippen molar-refractivity contribution in [2.24, 2.45) is 0 Å². The molecule has 0 radical (unpaired) electrons. The Labute approximate surface area is 118 Å². The van der Waals surface area contributed by atoms with Gasteiger partial charge in [-0.05, 0) is 12.0 Å². The van der Waals surface area contributed by atoms with Gasteiger partial charge in [0.1, 0.15) is 0 Å². The molecule has 5 nitrogen and oxygen atoms in total. The van der Waals surface area contributed by atoms with Crippen molar-refractivity contribution in [1.29, 1.82) is 0 Å². The number of carbonyl (C=O) groups excluding carboxylic acids is 1. The van der Waals surface area contributed by atoms with Crippen LogP contribution in [-0.2, 0) is 4.79 Å². The van der Waals surface area contributed by atoms with Crippen LogP contribution in [0.5, 0.6) is 0 Å². The summed E-state index contributed by atoms with van der Waals surface area (Å²) in [6.45, 7) is 1.90. The third-order valence-corrected chi connectivity index (χ3v) is 2.85. The molecule has 0 saturated carbocycles. The van der Waals surface area contributed by atoms with E-state index in [1.165, 1.54) is 0 Å². The molecule has 0 spiro atoms. The highest BCUT2D eigenvalue weighted by Gasteiger charge is 2.22. The molecule has 20 heavy (non-hydrogen) atoms. The molecule has 0 aliphatic carbocycles. The van der Waals surface area contributed by atoms with Crippen LogP contribution in [0.2, 0.25) is 0 Å². The lowest BCUT2D eigenvalue weighted by Crippen LogP contribution is -2.45. The van der Waals surface area contributed by atoms with Crippen LogP contribution < -0.4 is 10.6 Å². The van der Waals surface area contributed by atoms with Crippen molar-refractivity contribution < 1.29 is 14.7 Å². The SMILES string of the molecule is C#CCC(CC)NC(=O)NC(C(=O)O)c1ccccc1. The van der Waals surface area contributed by atoms with Gasteiger partial charge >= 0.3 is 12.0 Å². The van der Waals surface area contributed by atoms with E-state index in [4.69, 9.17) is 6.42 Å². The average Bonchev–Trinajstić information content (AvgIpc) is 2.45. The van der Waals surface area contributed by atoms with Crippen LogP contribution in [-0.4, -0.2) is 23.1 Å².